The SMILES string of the molecule is O=C(Cc1ccc2cc(C(=O)C[C@H]3CN4CCC3CC4)sc2c1)Cc1c(F)cccc1F. The Hall–Kier alpha value is -2.44. The maximum Gasteiger partial charge on any atom is 0.173 e. The predicted octanol–water partition coefficient (Wildman–Crippen LogP) is 5.45. The first-order valence-corrected chi connectivity index (χ1v) is 12.0. The number of benzene rings is 2. The van der Waals surface area contributed by atoms with Gasteiger partial charge in [-0.3, -0.25) is 9.59 Å². The number of nitrogens with zero attached hydrogens (tertiary/aromatic N) is 1. The highest BCUT2D eigenvalue weighted by atomic mass is 32.1. The molecule has 3 aromatic rings. The van der Waals surface area contributed by atoms with Gasteiger partial charge in [-0.2, -0.15) is 0 Å². The molecule has 0 radical (unpaired) electrons. The maximum atomic E-state index is 13.8. The van der Waals surface area contributed by atoms with Gasteiger partial charge in [-0.25, -0.2) is 8.78 Å². The second-order valence-electron chi connectivity index (χ2n) is 9.10. The molecule has 3 aliphatic rings. The number of hydrogen-bond donors (Lipinski definition) is 0. The summed E-state index contributed by atoms with van der Waals surface area (Å²) < 4.78 is 28.6. The van der Waals surface area contributed by atoms with E-state index >= 15 is 0 Å². The van der Waals surface area contributed by atoms with Gasteiger partial charge in [0, 0.05) is 36.1 Å². The molecule has 2 bridgehead atoms. The van der Waals surface area contributed by atoms with E-state index in [4.69, 9.17) is 0 Å². The quantitative estimate of drug-likeness (QED) is 0.447. The van der Waals surface area contributed by atoms with Crippen LogP contribution in [0, 0.1) is 23.5 Å². The van der Waals surface area contributed by atoms with Crippen LogP contribution in [0.4, 0.5) is 8.78 Å². The van der Waals surface area contributed by atoms with Gasteiger partial charge in [0.1, 0.15) is 17.4 Å². The van der Waals surface area contributed by atoms with E-state index in [9.17, 15) is 18.4 Å². The zero-order valence-electron chi connectivity index (χ0n) is 17.8. The third kappa shape index (κ3) is 4.39. The molecule has 3 nitrogen and oxygen atoms in total. The fourth-order valence-electron chi connectivity index (χ4n) is 5.17. The lowest BCUT2D eigenvalue weighted by molar-refractivity contribution is -0.117. The van der Waals surface area contributed by atoms with E-state index in [-0.39, 0.29) is 30.0 Å². The van der Waals surface area contributed by atoms with Crippen LogP contribution in [0.25, 0.3) is 10.1 Å². The first kappa shape index (κ1) is 21.4. The van der Waals surface area contributed by atoms with E-state index in [2.05, 4.69) is 4.90 Å². The molecule has 0 amide bonds. The molecule has 6 heteroatoms. The van der Waals surface area contributed by atoms with E-state index in [1.807, 2.05) is 24.3 Å². The Bertz CT molecular complexity index is 1160. The van der Waals surface area contributed by atoms with E-state index in [0.29, 0.717) is 18.3 Å². The summed E-state index contributed by atoms with van der Waals surface area (Å²) in [6, 6.07) is 11.3. The van der Waals surface area contributed by atoms with Crippen LogP contribution >= 0.6 is 11.3 Å². The van der Waals surface area contributed by atoms with Crippen LogP contribution in [-0.2, 0) is 17.6 Å². The maximum absolute atomic E-state index is 13.8. The highest BCUT2D eigenvalue weighted by Gasteiger charge is 2.35. The van der Waals surface area contributed by atoms with Crippen molar-refractivity contribution in [1.29, 1.82) is 0 Å². The van der Waals surface area contributed by atoms with E-state index < -0.39 is 11.6 Å². The molecule has 3 aliphatic heterocycles. The van der Waals surface area contributed by atoms with Crippen molar-refractivity contribution in [1.82, 2.24) is 4.90 Å². The molecule has 0 N–H and O–H groups in total. The topological polar surface area (TPSA) is 37.4 Å². The third-order valence-corrected chi connectivity index (χ3v) is 8.07. The molecular weight excluding hydrogens is 428 g/mol. The molecule has 1 atom stereocenters. The molecule has 4 heterocycles. The van der Waals surface area contributed by atoms with Crippen molar-refractivity contribution < 1.29 is 18.4 Å². The average Bonchev–Trinajstić information content (AvgIpc) is 3.21. The molecule has 2 aromatic carbocycles. The molecular formula is C26H25F2NO2S. The summed E-state index contributed by atoms with van der Waals surface area (Å²) in [6.45, 7) is 3.38. The Balaban J connectivity index is 1.26. The standard InChI is InChI=1S/C26H25F2NO2S/c27-22-2-1-3-23(28)21(22)14-20(30)10-16-4-5-18-13-26(32-25(18)11-16)24(31)12-19-15-29-8-6-17(19)7-9-29/h1-5,11,13,17,19H,6-10,12,14-15H2/t19-/m0/s1. The van der Waals surface area contributed by atoms with Gasteiger partial charge in [0.05, 0.1) is 4.88 Å². The number of thiophene rings is 1. The molecule has 0 saturated carbocycles. The lowest BCUT2D eigenvalue weighted by Gasteiger charge is -2.44. The number of Topliss-reactive ketones (excluding diaryl/α,β-unsaturated/α-hetero) is 2. The Labute approximate surface area is 190 Å². The molecule has 0 spiro atoms. The summed E-state index contributed by atoms with van der Waals surface area (Å²) >= 11 is 1.47. The number of fused-ring (bicyclic) bond motifs is 4. The lowest BCUT2D eigenvalue weighted by Crippen LogP contribution is -2.47. The lowest BCUT2D eigenvalue weighted by atomic mass is 9.76. The molecule has 3 fully saturated rings. The molecule has 3 saturated heterocycles. The Morgan fingerprint density at radius 2 is 1.75 bits per heavy atom. The van der Waals surface area contributed by atoms with Crippen LogP contribution in [0.3, 0.4) is 0 Å². The smallest absolute Gasteiger partial charge is 0.173 e. The zero-order chi connectivity index (χ0) is 22.2. The minimum Gasteiger partial charge on any atom is -0.303 e. The Kier molecular flexibility index (Phi) is 5.91. The number of ketones is 2. The van der Waals surface area contributed by atoms with Crippen molar-refractivity contribution in [2.75, 3.05) is 19.6 Å². The fraction of sp³-hybridized carbons (Fsp3) is 0.385. The molecule has 6 rings (SSSR count). The van der Waals surface area contributed by atoms with Crippen LogP contribution < -0.4 is 0 Å². The van der Waals surface area contributed by atoms with Gasteiger partial charge in [0.2, 0.25) is 0 Å². The monoisotopic (exact) mass is 453 g/mol. The van der Waals surface area contributed by atoms with E-state index in [1.54, 1.807) is 0 Å². The molecule has 0 aliphatic carbocycles. The summed E-state index contributed by atoms with van der Waals surface area (Å²) in [5.74, 6) is -0.296. The van der Waals surface area contributed by atoms with E-state index in [0.717, 1.165) is 39.2 Å². The Morgan fingerprint density at radius 3 is 2.44 bits per heavy atom. The largest absolute Gasteiger partial charge is 0.303 e. The summed E-state index contributed by atoms with van der Waals surface area (Å²) in [4.78, 5) is 28.6. The highest BCUT2D eigenvalue weighted by molar-refractivity contribution is 7.20. The first-order valence-electron chi connectivity index (χ1n) is 11.2. The van der Waals surface area contributed by atoms with Crippen molar-refractivity contribution >= 4 is 33.0 Å². The number of carbonyl (C=O) groups excluding carboxylic acids is 2. The third-order valence-electron chi connectivity index (χ3n) is 6.94. The summed E-state index contributed by atoms with van der Waals surface area (Å²) in [6.07, 6.45) is 2.85. The van der Waals surface area contributed by atoms with Crippen molar-refractivity contribution in [3.05, 3.63) is 70.1 Å². The first-order chi connectivity index (χ1) is 15.5. The van der Waals surface area contributed by atoms with Crippen molar-refractivity contribution in [2.45, 2.75) is 32.1 Å². The average molecular weight is 454 g/mol. The van der Waals surface area contributed by atoms with Crippen LogP contribution in [0.5, 0.6) is 0 Å². The molecule has 166 valence electrons. The van der Waals surface area contributed by atoms with Crippen LogP contribution in [0.2, 0.25) is 0 Å². The number of carbonyl (C=O) groups is 2. The minimum absolute atomic E-state index is 0.102. The normalized spacial score (nSPS) is 22.4. The number of hydrogen-bond acceptors (Lipinski definition) is 4. The fourth-order valence-corrected chi connectivity index (χ4v) is 6.24. The molecule has 1 aromatic heterocycles. The Morgan fingerprint density at radius 1 is 1.00 bits per heavy atom. The van der Waals surface area contributed by atoms with Crippen LogP contribution in [0.15, 0.2) is 42.5 Å². The number of halogens is 2. The second-order valence-corrected chi connectivity index (χ2v) is 10.2. The second kappa shape index (κ2) is 8.83. The molecule has 0 unspecified atom stereocenters. The van der Waals surface area contributed by atoms with Gasteiger partial charge >= 0.3 is 0 Å². The number of piperidine rings is 3. The van der Waals surface area contributed by atoms with Gasteiger partial charge in [-0.1, -0.05) is 18.2 Å². The summed E-state index contributed by atoms with van der Waals surface area (Å²) in [5.41, 5.74) is 0.604. The van der Waals surface area contributed by atoms with E-state index in [1.165, 1.54) is 43.3 Å². The van der Waals surface area contributed by atoms with Crippen molar-refractivity contribution in [2.24, 2.45) is 11.8 Å². The van der Waals surface area contributed by atoms with Crippen molar-refractivity contribution in [3.8, 4) is 0 Å². The van der Waals surface area contributed by atoms with Gasteiger partial charge < -0.3 is 4.90 Å². The van der Waals surface area contributed by atoms with Gasteiger partial charge in [0.15, 0.2) is 5.78 Å². The molecule has 32 heavy (non-hydrogen) atoms. The van der Waals surface area contributed by atoms with Gasteiger partial charge in [-0.05, 0) is 73.0 Å². The summed E-state index contributed by atoms with van der Waals surface area (Å²) in [7, 11) is 0. The van der Waals surface area contributed by atoms with Gasteiger partial charge in [0.25, 0.3) is 0 Å². The number of rotatable bonds is 7. The zero-order valence-corrected chi connectivity index (χ0v) is 18.6. The van der Waals surface area contributed by atoms with Crippen LogP contribution in [-0.4, -0.2) is 36.1 Å². The predicted molar refractivity (Wildman–Crippen MR) is 122 cm³/mol. The highest BCUT2D eigenvalue weighted by Crippen LogP contribution is 2.36. The van der Waals surface area contributed by atoms with Crippen LogP contribution in [0.1, 0.15) is 40.1 Å². The van der Waals surface area contributed by atoms with Gasteiger partial charge in [-0.15, -0.1) is 11.3 Å². The van der Waals surface area contributed by atoms with Crippen molar-refractivity contribution in [3.63, 3.8) is 0 Å². The summed E-state index contributed by atoms with van der Waals surface area (Å²) in [5, 5.41) is 0.989. The minimum atomic E-state index is -0.696.